The third-order valence-corrected chi connectivity index (χ3v) is 1.28. The van der Waals surface area contributed by atoms with E-state index in [4.69, 9.17) is 5.53 Å². The van der Waals surface area contributed by atoms with Crippen molar-refractivity contribution < 1.29 is 5.11 Å². The van der Waals surface area contributed by atoms with Crippen LogP contribution in [0.1, 0.15) is 11.8 Å². The molecule has 1 heterocycles. The first-order valence-electron chi connectivity index (χ1n) is 3.29. The van der Waals surface area contributed by atoms with Gasteiger partial charge in [0.1, 0.15) is 11.8 Å². The van der Waals surface area contributed by atoms with Crippen LogP contribution in [0.15, 0.2) is 11.3 Å². The van der Waals surface area contributed by atoms with Crippen LogP contribution in [-0.2, 0) is 7.05 Å². The van der Waals surface area contributed by atoms with Crippen LogP contribution in [0.25, 0.3) is 10.4 Å². The Morgan fingerprint density at radius 1 is 1.92 bits per heavy atom. The molecule has 0 aromatic carbocycles. The smallest absolute Gasteiger partial charge is 0.111 e. The van der Waals surface area contributed by atoms with Gasteiger partial charge in [-0.1, -0.05) is 10.3 Å². The van der Waals surface area contributed by atoms with Crippen molar-refractivity contribution in [3.8, 4) is 0 Å². The first kappa shape index (κ1) is 8.51. The van der Waals surface area contributed by atoms with Gasteiger partial charge in [-0.05, 0) is 5.53 Å². The van der Waals surface area contributed by atoms with E-state index in [-0.39, 0.29) is 6.54 Å². The highest BCUT2D eigenvalue weighted by atomic mass is 16.3. The molecule has 0 aliphatic heterocycles. The summed E-state index contributed by atoms with van der Waals surface area (Å²) in [6.07, 6.45) is 0.701. The lowest BCUT2D eigenvalue weighted by molar-refractivity contribution is 0.182. The van der Waals surface area contributed by atoms with Crippen molar-refractivity contribution in [2.24, 2.45) is 12.2 Å². The van der Waals surface area contributed by atoms with Crippen molar-refractivity contribution >= 4 is 0 Å². The fraction of sp³-hybridized carbons (Fsp3) is 0.600. The van der Waals surface area contributed by atoms with Crippen molar-refractivity contribution in [2.45, 2.75) is 6.10 Å². The summed E-state index contributed by atoms with van der Waals surface area (Å²) < 4.78 is 1.47. The van der Waals surface area contributed by atoms with Crippen molar-refractivity contribution in [2.75, 3.05) is 6.54 Å². The summed E-state index contributed by atoms with van der Waals surface area (Å²) in [5.74, 6) is 0. The normalized spacial score (nSPS) is 12.2. The van der Waals surface area contributed by atoms with Crippen LogP contribution in [0.3, 0.4) is 0 Å². The molecule has 0 bridgehead atoms. The van der Waals surface area contributed by atoms with Gasteiger partial charge < -0.3 is 5.11 Å². The Hall–Kier alpha value is -1.59. The van der Waals surface area contributed by atoms with Gasteiger partial charge in [0.15, 0.2) is 0 Å². The molecule has 0 radical (unpaired) electrons. The molecule has 0 spiro atoms. The lowest BCUT2D eigenvalue weighted by Crippen LogP contribution is -2.00. The number of aryl methyl sites for hydroxylation is 1. The van der Waals surface area contributed by atoms with E-state index >= 15 is 0 Å². The van der Waals surface area contributed by atoms with E-state index in [9.17, 15) is 5.11 Å². The second kappa shape index (κ2) is 3.70. The molecule has 0 fully saturated rings. The average Bonchev–Trinajstić information content (AvgIpc) is 2.47. The van der Waals surface area contributed by atoms with Gasteiger partial charge >= 0.3 is 0 Å². The second-order valence-electron chi connectivity index (χ2n) is 2.25. The molecule has 0 saturated carbocycles. The lowest BCUT2D eigenvalue weighted by atomic mass is 10.3. The van der Waals surface area contributed by atoms with E-state index < -0.39 is 6.10 Å². The van der Waals surface area contributed by atoms with E-state index in [1.54, 1.807) is 13.2 Å². The maximum atomic E-state index is 9.28. The molecule has 7 heteroatoms. The van der Waals surface area contributed by atoms with Gasteiger partial charge in [0.05, 0.1) is 12.7 Å². The number of hydrogen-bond donors (Lipinski definition) is 1. The predicted octanol–water partition coefficient (Wildman–Crippen LogP) is 0.159. The summed E-state index contributed by atoms with van der Waals surface area (Å²) in [6.45, 7) is -0.0187. The zero-order chi connectivity index (χ0) is 8.97. The number of aromatic nitrogens is 3. The first-order valence-corrected chi connectivity index (χ1v) is 3.29. The number of aliphatic hydroxyl groups excluding tert-OH is 1. The molecular formula is C5H8N6O. The SMILES string of the molecule is Cn1cc([C@@H](O)CN=[N+]=[N-])nn1. The summed E-state index contributed by atoms with van der Waals surface area (Å²) in [6, 6.07) is 0. The van der Waals surface area contributed by atoms with Crippen LogP contribution in [0.4, 0.5) is 0 Å². The lowest BCUT2D eigenvalue weighted by Gasteiger charge is -1.99. The van der Waals surface area contributed by atoms with E-state index in [1.807, 2.05) is 0 Å². The summed E-state index contributed by atoms with van der Waals surface area (Å²) in [7, 11) is 1.69. The van der Waals surface area contributed by atoms with Gasteiger partial charge in [0.25, 0.3) is 0 Å². The summed E-state index contributed by atoms with van der Waals surface area (Å²) in [5.41, 5.74) is 8.38. The highest BCUT2D eigenvalue weighted by molar-refractivity contribution is 4.97. The zero-order valence-electron chi connectivity index (χ0n) is 6.49. The van der Waals surface area contributed by atoms with Crippen molar-refractivity contribution in [3.05, 3.63) is 22.3 Å². The highest BCUT2D eigenvalue weighted by Crippen LogP contribution is 2.07. The molecule has 1 rings (SSSR count). The van der Waals surface area contributed by atoms with Gasteiger partial charge in [-0.3, -0.25) is 4.68 Å². The second-order valence-corrected chi connectivity index (χ2v) is 2.25. The van der Waals surface area contributed by atoms with Gasteiger partial charge in [0, 0.05) is 12.0 Å². The van der Waals surface area contributed by atoms with Crippen LogP contribution < -0.4 is 0 Å². The number of azide groups is 1. The number of aliphatic hydroxyl groups is 1. The van der Waals surface area contributed by atoms with Crippen molar-refractivity contribution in [1.29, 1.82) is 0 Å². The van der Waals surface area contributed by atoms with Crippen LogP contribution in [-0.4, -0.2) is 26.6 Å². The average molecular weight is 168 g/mol. The molecule has 0 aliphatic rings. The summed E-state index contributed by atoms with van der Waals surface area (Å²) in [5, 5.41) is 19.8. The number of rotatable bonds is 3. The van der Waals surface area contributed by atoms with Gasteiger partial charge in [0.2, 0.25) is 0 Å². The molecule has 7 nitrogen and oxygen atoms in total. The molecule has 1 aromatic heterocycles. The minimum absolute atomic E-state index is 0.0187. The van der Waals surface area contributed by atoms with Crippen LogP contribution in [0, 0.1) is 0 Å². The standard InChI is InChI=1S/C5H8N6O/c1-11-3-4(8-10-11)5(12)2-7-9-6/h3,5,12H,2H2,1H3/t5-/m0/s1. The van der Waals surface area contributed by atoms with Crippen LogP contribution >= 0.6 is 0 Å². The number of hydrogen-bond acceptors (Lipinski definition) is 4. The largest absolute Gasteiger partial charge is 0.387 e. The fourth-order valence-electron chi connectivity index (χ4n) is 0.725. The minimum atomic E-state index is -0.866. The topological polar surface area (TPSA) is 99.7 Å². The summed E-state index contributed by atoms with van der Waals surface area (Å²) >= 11 is 0. The predicted molar refractivity (Wildman–Crippen MR) is 40.0 cm³/mol. The first-order chi connectivity index (χ1) is 5.74. The molecule has 1 atom stereocenters. The number of nitrogens with zero attached hydrogens (tertiary/aromatic N) is 6. The van der Waals surface area contributed by atoms with Gasteiger partial charge in [-0.25, -0.2) is 0 Å². The highest BCUT2D eigenvalue weighted by Gasteiger charge is 2.09. The monoisotopic (exact) mass is 168 g/mol. The molecule has 1 N–H and O–H groups in total. The third-order valence-electron chi connectivity index (χ3n) is 1.28. The molecule has 0 unspecified atom stereocenters. The quantitative estimate of drug-likeness (QED) is 0.395. The third kappa shape index (κ3) is 1.94. The molecule has 0 aliphatic carbocycles. The van der Waals surface area contributed by atoms with Gasteiger partial charge in [-0.2, -0.15) is 0 Å². The minimum Gasteiger partial charge on any atom is -0.387 e. The maximum Gasteiger partial charge on any atom is 0.111 e. The Morgan fingerprint density at radius 2 is 2.67 bits per heavy atom. The zero-order valence-corrected chi connectivity index (χ0v) is 6.49. The Balaban J connectivity index is 2.64. The van der Waals surface area contributed by atoms with Gasteiger partial charge in [-0.15, -0.1) is 5.10 Å². The molecule has 64 valence electrons. The molecule has 12 heavy (non-hydrogen) atoms. The molecule has 0 amide bonds. The fourth-order valence-corrected chi connectivity index (χ4v) is 0.725. The van der Waals surface area contributed by atoms with E-state index in [0.717, 1.165) is 0 Å². The van der Waals surface area contributed by atoms with E-state index in [1.165, 1.54) is 4.68 Å². The van der Waals surface area contributed by atoms with E-state index in [2.05, 4.69) is 20.3 Å². The Bertz CT molecular complexity index is 301. The Labute approximate surface area is 68.2 Å². The van der Waals surface area contributed by atoms with Crippen LogP contribution in [0.2, 0.25) is 0 Å². The Kier molecular flexibility index (Phi) is 2.62. The molecule has 0 saturated heterocycles. The molecule has 1 aromatic rings. The summed E-state index contributed by atoms with van der Waals surface area (Å²) in [4.78, 5) is 2.52. The van der Waals surface area contributed by atoms with Crippen LogP contribution in [0.5, 0.6) is 0 Å². The molecular weight excluding hydrogens is 160 g/mol. The van der Waals surface area contributed by atoms with E-state index in [0.29, 0.717) is 5.69 Å². The maximum absolute atomic E-state index is 9.28. The van der Waals surface area contributed by atoms with Crippen molar-refractivity contribution in [1.82, 2.24) is 15.0 Å². The Morgan fingerprint density at radius 3 is 3.17 bits per heavy atom. The van der Waals surface area contributed by atoms with Crippen molar-refractivity contribution in [3.63, 3.8) is 0 Å².